The highest BCUT2D eigenvalue weighted by Crippen LogP contribution is 2.30. The van der Waals surface area contributed by atoms with Crippen molar-refractivity contribution >= 4 is 50.8 Å². The van der Waals surface area contributed by atoms with Crippen molar-refractivity contribution in [3.05, 3.63) is 20.7 Å². The van der Waals surface area contributed by atoms with Crippen LogP contribution in [0.25, 0.3) is 0 Å². The van der Waals surface area contributed by atoms with Gasteiger partial charge in [-0.05, 0) is 62.4 Å². The third-order valence-corrected chi connectivity index (χ3v) is 6.41. The molecule has 1 fully saturated rings. The summed E-state index contributed by atoms with van der Waals surface area (Å²) >= 11 is 4.76. The molecule has 2 aromatic heterocycles. The molecule has 0 spiro atoms. The van der Waals surface area contributed by atoms with Crippen LogP contribution in [0.15, 0.2) is 10.1 Å². The number of nitrogens with zero attached hydrogens (tertiary/aromatic N) is 4. The van der Waals surface area contributed by atoms with Crippen molar-refractivity contribution in [2.45, 2.75) is 46.1 Å². The lowest BCUT2D eigenvalue weighted by atomic mass is 9.97. The number of piperidine rings is 1. The van der Waals surface area contributed by atoms with Crippen LogP contribution in [0, 0.1) is 12.8 Å². The van der Waals surface area contributed by atoms with Crippen LogP contribution in [0.5, 0.6) is 0 Å². The van der Waals surface area contributed by atoms with Gasteiger partial charge >= 0.3 is 6.09 Å². The summed E-state index contributed by atoms with van der Waals surface area (Å²) in [6.45, 7) is 9.64. The molecule has 0 atom stereocenters. The molecule has 31 heavy (non-hydrogen) atoms. The molecule has 2 amide bonds. The minimum absolute atomic E-state index is 0.245. The average molecular weight is 513 g/mol. The van der Waals surface area contributed by atoms with Gasteiger partial charge in [0.2, 0.25) is 0 Å². The van der Waals surface area contributed by atoms with Crippen LogP contribution in [0.1, 0.15) is 49.0 Å². The molecule has 0 saturated carbocycles. The summed E-state index contributed by atoms with van der Waals surface area (Å²) in [5.74, 6) is 1.01. The van der Waals surface area contributed by atoms with Gasteiger partial charge in [0.25, 0.3) is 5.91 Å². The number of carbonyl (C=O) groups excluding carboxylic acids is 2. The molecule has 1 aliphatic heterocycles. The van der Waals surface area contributed by atoms with E-state index in [1.807, 2.05) is 34.7 Å². The molecule has 2 N–H and O–H groups in total. The molecule has 9 nitrogen and oxygen atoms in total. The maximum absolute atomic E-state index is 12.7. The first-order valence-electron chi connectivity index (χ1n) is 10.2. The van der Waals surface area contributed by atoms with Crippen molar-refractivity contribution in [2.75, 3.05) is 29.9 Å². The summed E-state index contributed by atoms with van der Waals surface area (Å²) in [6.07, 6.45) is 3.13. The Bertz CT molecular complexity index is 943. The molecular formula is C20H29BrN6O3S. The second-order valence-electron chi connectivity index (χ2n) is 8.64. The predicted octanol–water partition coefficient (Wildman–Crippen LogP) is 3.94. The Morgan fingerprint density at radius 1 is 1.32 bits per heavy atom. The molecule has 1 saturated heterocycles. The maximum Gasteiger partial charge on any atom is 0.407 e. The number of hydrogen-bond donors (Lipinski definition) is 2. The number of alkyl carbamates (subject to hydrolysis) is 1. The van der Waals surface area contributed by atoms with E-state index in [-0.39, 0.29) is 12.0 Å². The van der Waals surface area contributed by atoms with E-state index >= 15 is 0 Å². The van der Waals surface area contributed by atoms with Gasteiger partial charge in [-0.3, -0.25) is 9.48 Å². The van der Waals surface area contributed by atoms with E-state index in [1.54, 1.807) is 10.9 Å². The van der Waals surface area contributed by atoms with E-state index in [4.69, 9.17) is 4.74 Å². The van der Waals surface area contributed by atoms with Crippen LogP contribution in [0.3, 0.4) is 0 Å². The average Bonchev–Trinajstić information content (AvgIpc) is 3.20. The summed E-state index contributed by atoms with van der Waals surface area (Å²) < 4.78 is 7.76. The van der Waals surface area contributed by atoms with Crippen molar-refractivity contribution in [1.29, 1.82) is 0 Å². The largest absolute Gasteiger partial charge is 0.444 e. The van der Waals surface area contributed by atoms with Gasteiger partial charge in [-0.1, -0.05) is 0 Å². The number of amides is 2. The molecule has 2 aromatic rings. The number of halogens is 1. The number of nitrogens with one attached hydrogen (secondary N) is 2. The fraction of sp³-hybridized carbons (Fsp3) is 0.600. The minimum Gasteiger partial charge on any atom is -0.444 e. The first-order chi connectivity index (χ1) is 14.5. The molecular weight excluding hydrogens is 484 g/mol. The molecule has 3 rings (SSSR count). The van der Waals surface area contributed by atoms with Gasteiger partial charge in [-0.25, -0.2) is 9.78 Å². The fourth-order valence-electron chi connectivity index (χ4n) is 3.54. The van der Waals surface area contributed by atoms with Crippen molar-refractivity contribution in [2.24, 2.45) is 13.0 Å². The lowest BCUT2D eigenvalue weighted by molar-refractivity contribution is 0.0516. The van der Waals surface area contributed by atoms with Gasteiger partial charge in [0.15, 0.2) is 9.73 Å². The Balaban J connectivity index is 1.57. The molecule has 0 unspecified atom stereocenters. The molecule has 0 bridgehead atoms. The number of rotatable bonds is 5. The number of hydrogen-bond acceptors (Lipinski definition) is 7. The predicted molar refractivity (Wildman–Crippen MR) is 125 cm³/mol. The monoisotopic (exact) mass is 512 g/mol. The molecule has 170 valence electrons. The highest BCUT2D eigenvalue weighted by molar-refractivity contribution is 9.11. The molecule has 3 heterocycles. The van der Waals surface area contributed by atoms with Crippen LogP contribution in [-0.2, 0) is 11.8 Å². The first kappa shape index (κ1) is 23.5. The zero-order valence-corrected chi connectivity index (χ0v) is 20.9. The van der Waals surface area contributed by atoms with Crippen molar-refractivity contribution in [1.82, 2.24) is 20.1 Å². The quantitative estimate of drug-likeness (QED) is 0.628. The SMILES string of the molecule is Cc1sc(Br)nc1C(=O)Nc1cnn(C)c1N1CCC(CNC(=O)OC(C)(C)C)CC1. The Kier molecular flexibility index (Phi) is 7.25. The van der Waals surface area contributed by atoms with E-state index in [0.29, 0.717) is 27.8 Å². The van der Waals surface area contributed by atoms with Crippen LogP contribution in [0.2, 0.25) is 0 Å². The number of thiazole rings is 1. The van der Waals surface area contributed by atoms with E-state index in [1.165, 1.54) is 11.3 Å². The fourth-order valence-corrected chi connectivity index (χ4v) is 5.07. The molecule has 0 aromatic carbocycles. The van der Waals surface area contributed by atoms with Gasteiger partial charge in [-0.2, -0.15) is 5.10 Å². The second kappa shape index (κ2) is 9.56. The first-order valence-corrected chi connectivity index (χ1v) is 11.8. The molecule has 1 aliphatic rings. The summed E-state index contributed by atoms with van der Waals surface area (Å²) in [4.78, 5) is 31.9. The van der Waals surface area contributed by atoms with E-state index < -0.39 is 5.60 Å². The Hall–Kier alpha value is -2.14. The topological polar surface area (TPSA) is 101 Å². The van der Waals surface area contributed by atoms with Gasteiger partial charge in [-0.15, -0.1) is 11.3 Å². The number of carbonyl (C=O) groups is 2. The Morgan fingerprint density at radius 3 is 2.58 bits per heavy atom. The maximum atomic E-state index is 12.7. The third kappa shape index (κ3) is 6.19. The summed E-state index contributed by atoms with van der Waals surface area (Å²) in [6, 6.07) is 0. The number of ether oxygens (including phenoxy) is 1. The second-order valence-corrected chi connectivity index (χ2v) is 11.1. The van der Waals surface area contributed by atoms with E-state index in [2.05, 4.69) is 41.5 Å². The van der Waals surface area contributed by atoms with Gasteiger partial charge in [0, 0.05) is 31.6 Å². The smallest absolute Gasteiger partial charge is 0.407 e. The number of aryl methyl sites for hydroxylation is 2. The zero-order chi connectivity index (χ0) is 22.8. The van der Waals surface area contributed by atoms with Crippen LogP contribution >= 0.6 is 27.3 Å². The molecule has 0 aliphatic carbocycles. The lowest BCUT2D eigenvalue weighted by Crippen LogP contribution is -2.41. The van der Waals surface area contributed by atoms with Crippen LogP contribution < -0.4 is 15.5 Å². The number of anilines is 2. The van der Waals surface area contributed by atoms with Crippen molar-refractivity contribution in [3.63, 3.8) is 0 Å². The van der Waals surface area contributed by atoms with E-state index in [0.717, 1.165) is 36.6 Å². The molecule has 0 radical (unpaired) electrons. The standard InChI is InChI=1S/C20H29BrN6O3S/c1-12-15(25-18(21)31-12)16(28)24-14-11-23-26(5)17(14)27-8-6-13(7-9-27)10-22-19(29)30-20(2,3)4/h11,13H,6-10H2,1-5H3,(H,22,29)(H,24,28). The number of aromatic nitrogens is 3. The van der Waals surface area contributed by atoms with Crippen LogP contribution in [-0.4, -0.2) is 52.0 Å². The van der Waals surface area contributed by atoms with Gasteiger partial charge in [0.1, 0.15) is 17.0 Å². The van der Waals surface area contributed by atoms with Crippen molar-refractivity contribution < 1.29 is 14.3 Å². The summed E-state index contributed by atoms with van der Waals surface area (Å²) in [7, 11) is 1.87. The normalized spacial score (nSPS) is 15.1. The molecule has 11 heteroatoms. The summed E-state index contributed by atoms with van der Waals surface area (Å²) in [5, 5.41) is 10.2. The van der Waals surface area contributed by atoms with Crippen molar-refractivity contribution in [3.8, 4) is 0 Å². The van der Waals surface area contributed by atoms with Gasteiger partial charge < -0.3 is 20.3 Å². The van der Waals surface area contributed by atoms with Crippen LogP contribution in [0.4, 0.5) is 16.3 Å². The Morgan fingerprint density at radius 2 is 2.00 bits per heavy atom. The zero-order valence-electron chi connectivity index (χ0n) is 18.5. The highest BCUT2D eigenvalue weighted by Gasteiger charge is 2.26. The van der Waals surface area contributed by atoms with E-state index in [9.17, 15) is 9.59 Å². The highest BCUT2D eigenvalue weighted by atomic mass is 79.9. The summed E-state index contributed by atoms with van der Waals surface area (Å²) in [5.41, 5.74) is 0.584. The third-order valence-electron chi connectivity index (χ3n) is 4.99. The lowest BCUT2D eigenvalue weighted by Gasteiger charge is -2.34. The Labute approximate surface area is 194 Å². The minimum atomic E-state index is -0.499. The van der Waals surface area contributed by atoms with Gasteiger partial charge in [0.05, 0.1) is 6.20 Å².